The van der Waals surface area contributed by atoms with Gasteiger partial charge in [0, 0.05) is 18.2 Å². The van der Waals surface area contributed by atoms with Crippen LogP contribution < -0.4 is 9.47 Å². The molecule has 6 heteroatoms. The molecule has 0 radical (unpaired) electrons. The molecule has 202 valence electrons. The first-order valence-electron chi connectivity index (χ1n) is 14.8. The molecule has 6 aliphatic rings. The molecule has 0 spiro atoms. The fraction of sp³-hybridized carbons (Fsp3) is 0.742. The van der Waals surface area contributed by atoms with Crippen molar-refractivity contribution < 1.29 is 19.0 Å². The standard InChI is InChI=1S/C31H44N2O4/c1-4-5-6-7-8-9-13-32-19-37-31-16-21-14-22(17-31)26(23(15-21)18-31)33-28(30(2,3)29(33)34)24-11-10-12-25-27(24)36-20-35-25/h10-12,19,21-23,26,28H,4-9,13-18,20H2,1-3H3. The molecular formula is C31H44N2O4. The molecule has 3 unspecified atom stereocenters. The third-order valence-corrected chi connectivity index (χ3v) is 9.98. The zero-order valence-corrected chi connectivity index (χ0v) is 22.9. The molecule has 3 atom stereocenters. The Kier molecular flexibility index (Phi) is 6.65. The van der Waals surface area contributed by atoms with Crippen molar-refractivity contribution in [1.29, 1.82) is 0 Å². The van der Waals surface area contributed by atoms with E-state index in [1.165, 1.54) is 44.9 Å². The Labute approximate surface area is 222 Å². The Morgan fingerprint density at radius 2 is 1.81 bits per heavy atom. The molecule has 0 N–H and O–H groups in total. The molecule has 1 saturated heterocycles. The van der Waals surface area contributed by atoms with E-state index in [0.29, 0.717) is 17.8 Å². The second kappa shape index (κ2) is 9.81. The van der Waals surface area contributed by atoms with Gasteiger partial charge < -0.3 is 19.1 Å². The van der Waals surface area contributed by atoms with Crippen molar-refractivity contribution in [2.45, 2.75) is 109 Å². The summed E-state index contributed by atoms with van der Waals surface area (Å²) in [7, 11) is 0. The lowest BCUT2D eigenvalue weighted by molar-refractivity contribution is -0.205. The molecule has 4 aliphatic carbocycles. The van der Waals surface area contributed by atoms with Gasteiger partial charge in [-0.1, -0.05) is 51.2 Å². The molecule has 2 aliphatic heterocycles. The summed E-state index contributed by atoms with van der Waals surface area (Å²) < 4.78 is 18.0. The maximum atomic E-state index is 13.6. The van der Waals surface area contributed by atoms with E-state index in [-0.39, 0.29) is 30.4 Å². The first kappa shape index (κ1) is 25.1. The van der Waals surface area contributed by atoms with Gasteiger partial charge in [-0.05, 0) is 76.2 Å². The number of amides is 1. The Hall–Kier alpha value is -2.24. The molecule has 4 bridgehead atoms. The average Bonchev–Trinajstić information content (AvgIpc) is 3.36. The number of fused-ring (bicyclic) bond motifs is 1. The third-order valence-electron chi connectivity index (χ3n) is 9.98. The van der Waals surface area contributed by atoms with Crippen molar-refractivity contribution in [1.82, 2.24) is 4.90 Å². The molecule has 1 amide bonds. The summed E-state index contributed by atoms with van der Waals surface area (Å²) in [6.45, 7) is 7.56. The molecule has 7 rings (SSSR count). The van der Waals surface area contributed by atoms with Gasteiger partial charge in [-0.15, -0.1) is 0 Å². The molecule has 4 saturated carbocycles. The van der Waals surface area contributed by atoms with Gasteiger partial charge in [-0.3, -0.25) is 9.79 Å². The second-order valence-electron chi connectivity index (χ2n) is 13.0. The van der Waals surface area contributed by atoms with E-state index < -0.39 is 5.41 Å². The summed E-state index contributed by atoms with van der Waals surface area (Å²) in [6.07, 6.45) is 15.1. The normalized spacial score (nSPS) is 34.8. The van der Waals surface area contributed by atoms with Gasteiger partial charge in [0.25, 0.3) is 0 Å². The van der Waals surface area contributed by atoms with E-state index in [2.05, 4.69) is 36.7 Å². The van der Waals surface area contributed by atoms with E-state index in [9.17, 15) is 4.79 Å². The lowest BCUT2D eigenvalue weighted by Gasteiger charge is -2.66. The highest BCUT2D eigenvalue weighted by molar-refractivity contribution is 5.91. The van der Waals surface area contributed by atoms with Crippen LogP contribution in [0.4, 0.5) is 0 Å². The lowest BCUT2D eigenvalue weighted by atomic mass is 9.50. The summed E-state index contributed by atoms with van der Waals surface area (Å²) in [6, 6.07) is 6.43. The number of ether oxygens (including phenoxy) is 3. The zero-order chi connectivity index (χ0) is 25.6. The van der Waals surface area contributed by atoms with Crippen LogP contribution in [-0.2, 0) is 9.53 Å². The van der Waals surface area contributed by atoms with Crippen LogP contribution in [0.2, 0.25) is 0 Å². The minimum Gasteiger partial charge on any atom is -0.477 e. The Bertz CT molecular complexity index is 1020. The van der Waals surface area contributed by atoms with Crippen LogP contribution in [0.1, 0.15) is 103 Å². The summed E-state index contributed by atoms with van der Waals surface area (Å²) in [5, 5.41) is 0. The van der Waals surface area contributed by atoms with E-state index in [0.717, 1.165) is 49.3 Å². The van der Waals surface area contributed by atoms with Gasteiger partial charge >= 0.3 is 0 Å². The van der Waals surface area contributed by atoms with Gasteiger partial charge in [0.15, 0.2) is 17.9 Å². The maximum absolute atomic E-state index is 13.6. The number of carbonyl (C=O) groups excluding carboxylic acids is 1. The summed E-state index contributed by atoms with van der Waals surface area (Å²) >= 11 is 0. The molecule has 37 heavy (non-hydrogen) atoms. The number of likely N-dealkylation sites (tertiary alicyclic amines) is 1. The average molecular weight is 509 g/mol. The largest absolute Gasteiger partial charge is 0.477 e. The number of carbonyl (C=O) groups is 1. The van der Waals surface area contributed by atoms with Crippen molar-refractivity contribution in [3.63, 3.8) is 0 Å². The molecule has 6 nitrogen and oxygen atoms in total. The van der Waals surface area contributed by atoms with Crippen molar-refractivity contribution in [2.24, 2.45) is 28.2 Å². The predicted octanol–water partition coefficient (Wildman–Crippen LogP) is 6.68. The highest BCUT2D eigenvalue weighted by atomic mass is 16.7. The molecule has 0 aromatic heterocycles. The number of nitrogens with zero attached hydrogens (tertiary/aromatic N) is 2. The van der Waals surface area contributed by atoms with Crippen LogP contribution in [0, 0.1) is 23.2 Å². The highest BCUT2D eigenvalue weighted by Crippen LogP contribution is 2.63. The monoisotopic (exact) mass is 508 g/mol. The molecule has 2 heterocycles. The fourth-order valence-electron chi connectivity index (χ4n) is 8.57. The molecule has 1 aromatic rings. The van der Waals surface area contributed by atoms with Gasteiger partial charge in [0.05, 0.1) is 11.5 Å². The zero-order valence-electron chi connectivity index (χ0n) is 22.9. The SMILES string of the molecule is CCCCCCCCN=COC12CC3CC(C1)C(N1C(=O)C(C)(C)C1c1cccc4c1OCO4)C(C3)C2. The Morgan fingerprint density at radius 1 is 1.05 bits per heavy atom. The summed E-state index contributed by atoms with van der Waals surface area (Å²) in [5.41, 5.74) is 0.579. The number of para-hydroxylation sites is 1. The van der Waals surface area contributed by atoms with Crippen LogP contribution in [0.15, 0.2) is 23.2 Å². The van der Waals surface area contributed by atoms with Gasteiger partial charge in [-0.2, -0.15) is 0 Å². The van der Waals surface area contributed by atoms with E-state index >= 15 is 0 Å². The quantitative estimate of drug-likeness (QED) is 0.145. The van der Waals surface area contributed by atoms with Crippen LogP contribution >= 0.6 is 0 Å². The fourth-order valence-corrected chi connectivity index (χ4v) is 8.57. The van der Waals surface area contributed by atoms with Crippen LogP contribution in [0.3, 0.4) is 0 Å². The van der Waals surface area contributed by atoms with Crippen molar-refractivity contribution in [3.8, 4) is 11.5 Å². The first-order chi connectivity index (χ1) is 17.9. The number of β-lactam (4-membered cyclic amide) rings is 1. The van der Waals surface area contributed by atoms with Crippen LogP contribution in [0.5, 0.6) is 11.5 Å². The maximum Gasteiger partial charge on any atom is 0.231 e. The Morgan fingerprint density at radius 3 is 2.59 bits per heavy atom. The van der Waals surface area contributed by atoms with E-state index in [1.54, 1.807) is 6.40 Å². The molecular weight excluding hydrogens is 464 g/mol. The first-order valence-corrected chi connectivity index (χ1v) is 14.8. The number of benzene rings is 1. The summed E-state index contributed by atoms with van der Waals surface area (Å²) in [4.78, 5) is 20.5. The number of aliphatic imine (C=N–C) groups is 1. The second-order valence-corrected chi connectivity index (χ2v) is 13.0. The van der Waals surface area contributed by atoms with Gasteiger partial charge in [0.1, 0.15) is 5.60 Å². The highest BCUT2D eigenvalue weighted by Gasteiger charge is 2.65. The Balaban J connectivity index is 1.13. The minimum atomic E-state index is -0.437. The van der Waals surface area contributed by atoms with E-state index in [1.807, 2.05) is 12.1 Å². The van der Waals surface area contributed by atoms with Crippen molar-refractivity contribution in [3.05, 3.63) is 23.8 Å². The molecule has 1 aromatic carbocycles. The smallest absolute Gasteiger partial charge is 0.231 e. The van der Waals surface area contributed by atoms with Crippen LogP contribution in [0.25, 0.3) is 0 Å². The topological polar surface area (TPSA) is 60.4 Å². The number of hydrogen-bond acceptors (Lipinski definition) is 5. The van der Waals surface area contributed by atoms with Gasteiger partial charge in [-0.25, -0.2) is 0 Å². The third kappa shape index (κ3) is 4.32. The summed E-state index contributed by atoms with van der Waals surface area (Å²) in [5.74, 6) is 3.60. The lowest BCUT2D eigenvalue weighted by Crippen LogP contribution is -2.71. The van der Waals surface area contributed by atoms with E-state index in [4.69, 9.17) is 14.2 Å². The van der Waals surface area contributed by atoms with Crippen molar-refractivity contribution >= 4 is 12.3 Å². The minimum absolute atomic E-state index is 0.0231. The number of unbranched alkanes of at least 4 members (excludes halogenated alkanes) is 5. The van der Waals surface area contributed by atoms with Gasteiger partial charge in [0.2, 0.25) is 12.7 Å². The van der Waals surface area contributed by atoms with Crippen molar-refractivity contribution in [2.75, 3.05) is 13.3 Å². The van der Waals surface area contributed by atoms with Crippen LogP contribution in [-0.4, -0.2) is 42.2 Å². The molecule has 5 fully saturated rings. The number of rotatable bonds is 11. The predicted molar refractivity (Wildman–Crippen MR) is 144 cm³/mol. The number of hydrogen-bond donors (Lipinski definition) is 0.